The maximum atomic E-state index is 13.3. The van der Waals surface area contributed by atoms with Gasteiger partial charge < -0.3 is 5.32 Å². The molecule has 0 saturated heterocycles. The lowest BCUT2D eigenvalue weighted by Crippen LogP contribution is -2.27. The topological polar surface area (TPSA) is 12.0 Å². The number of hydrogen-bond acceptors (Lipinski definition) is 1. The van der Waals surface area contributed by atoms with Crippen LogP contribution in [0.25, 0.3) is 0 Å². The van der Waals surface area contributed by atoms with Crippen molar-refractivity contribution >= 4 is 15.9 Å². The van der Waals surface area contributed by atoms with Gasteiger partial charge in [0.2, 0.25) is 0 Å². The lowest BCUT2D eigenvalue weighted by molar-refractivity contribution is 0.374. The van der Waals surface area contributed by atoms with Crippen molar-refractivity contribution in [3.8, 4) is 0 Å². The van der Waals surface area contributed by atoms with Crippen molar-refractivity contribution in [1.82, 2.24) is 5.32 Å². The molecule has 1 saturated carbocycles. The van der Waals surface area contributed by atoms with Crippen molar-refractivity contribution in [3.63, 3.8) is 0 Å². The van der Waals surface area contributed by atoms with Gasteiger partial charge in [-0.15, -0.1) is 0 Å². The minimum Gasteiger partial charge on any atom is -0.310 e. The van der Waals surface area contributed by atoms with Crippen LogP contribution in [0.15, 0.2) is 22.7 Å². The van der Waals surface area contributed by atoms with Gasteiger partial charge in [0, 0.05) is 6.04 Å². The minimum atomic E-state index is -0.185. The Kier molecular flexibility index (Phi) is 4.57. The third-order valence-electron chi connectivity index (χ3n) is 3.60. The summed E-state index contributed by atoms with van der Waals surface area (Å²) in [6.45, 7) is 3.08. The van der Waals surface area contributed by atoms with Crippen molar-refractivity contribution in [2.45, 2.75) is 38.6 Å². The summed E-state index contributed by atoms with van der Waals surface area (Å²) in [6.07, 6.45) is 5.23. The molecule has 0 spiro atoms. The van der Waals surface area contributed by atoms with Crippen molar-refractivity contribution < 1.29 is 4.39 Å². The fourth-order valence-corrected chi connectivity index (χ4v) is 3.17. The van der Waals surface area contributed by atoms with E-state index in [1.54, 1.807) is 6.07 Å². The van der Waals surface area contributed by atoms with Gasteiger partial charge >= 0.3 is 0 Å². The largest absolute Gasteiger partial charge is 0.310 e. The third kappa shape index (κ3) is 3.08. The molecular formula is C14H19BrFN. The van der Waals surface area contributed by atoms with Crippen LogP contribution >= 0.6 is 15.9 Å². The van der Waals surface area contributed by atoms with Gasteiger partial charge in [-0.05, 0) is 58.9 Å². The smallest absolute Gasteiger partial charge is 0.137 e. The number of nitrogens with one attached hydrogen (secondary N) is 1. The molecule has 0 amide bonds. The second-order valence-corrected chi connectivity index (χ2v) is 5.61. The van der Waals surface area contributed by atoms with E-state index >= 15 is 0 Å². The summed E-state index contributed by atoms with van der Waals surface area (Å²) < 4.78 is 13.8. The third-order valence-corrected chi connectivity index (χ3v) is 4.21. The summed E-state index contributed by atoms with van der Waals surface area (Å²) in [5.41, 5.74) is 1.20. The number of benzene rings is 1. The quantitative estimate of drug-likeness (QED) is 0.867. The Morgan fingerprint density at radius 2 is 2.12 bits per heavy atom. The lowest BCUT2D eigenvalue weighted by Gasteiger charge is -2.25. The van der Waals surface area contributed by atoms with E-state index in [9.17, 15) is 4.39 Å². The molecule has 1 atom stereocenters. The molecular weight excluding hydrogens is 281 g/mol. The molecule has 94 valence electrons. The average molecular weight is 300 g/mol. The van der Waals surface area contributed by atoms with Gasteiger partial charge in [-0.3, -0.25) is 0 Å². The van der Waals surface area contributed by atoms with Gasteiger partial charge in [0.15, 0.2) is 0 Å². The molecule has 1 unspecified atom stereocenters. The van der Waals surface area contributed by atoms with E-state index in [4.69, 9.17) is 0 Å². The summed E-state index contributed by atoms with van der Waals surface area (Å²) in [5.74, 6) is 0.516. The van der Waals surface area contributed by atoms with Crippen LogP contribution in [0.5, 0.6) is 0 Å². The van der Waals surface area contributed by atoms with Crippen molar-refractivity contribution in [1.29, 1.82) is 0 Å². The Morgan fingerprint density at radius 3 is 2.71 bits per heavy atom. The van der Waals surface area contributed by atoms with E-state index in [-0.39, 0.29) is 5.82 Å². The summed E-state index contributed by atoms with van der Waals surface area (Å²) in [4.78, 5) is 0. The van der Waals surface area contributed by atoms with E-state index < -0.39 is 0 Å². The van der Waals surface area contributed by atoms with E-state index in [0.29, 0.717) is 16.4 Å². The molecule has 1 N–H and O–H groups in total. The molecule has 1 aromatic rings. The number of rotatable bonds is 4. The summed E-state index contributed by atoms with van der Waals surface area (Å²) in [7, 11) is 0. The van der Waals surface area contributed by atoms with Crippen molar-refractivity contribution in [3.05, 3.63) is 34.1 Å². The highest BCUT2D eigenvalue weighted by atomic mass is 79.9. The Bertz CT molecular complexity index is 374. The fraction of sp³-hybridized carbons (Fsp3) is 0.571. The van der Waals surface area contributed by atoms with Crippen LogP contribution in [0.3, 0.4) is 0 Å². The average Bonchev–Trinajstić information content (AvgIpc) is 2.83. The fourth-order valence-electron chi connectivity index (χ4n) is 2.77. The molecule has 2 rings (SSSR count). The normalized spacial score (nSPS) is 18.5. The molecule has 1 fully saturated rings. The maximum Gasteiger partial charge on any atom is 0.137 e. The van der Waals surface area contributed by atoms with Crippen LogP contribution in [0.2, 0.25) is 0 Å². The van der Waals surface area contributed by atoms with Crippen LogP contribution in [0.4, 0.5) is 4.39 Å². The first-order valence-corrected chi connectivity index (χ1v) is 7.20. The van der Waals surface area contributed by atoms with Crippen LogP contribution in [-0.2, 0) is 0 Å². The van der Waals surface area contributed by atoms with E-state index in [1.807, 2.05) is 12.1 Å². The summed E-state index contributed by atoms with van der Waals surface area (Å²) in [6, 6.07) is 5.75. The van der Waals surface area contributed by atoms with Gasteiger partial charge in [-0.2, -0.15) is 0 Å². The molecule has 0 aliphatic heterocycles. The Balaban J connectivity index is 2.21. The SMILES string of the molecule is CCNC(c1ccc(F)c(Br)c1)C1CCCC1. The Labute approximate surface area is 111 Å². The maximum absolute atomic E-state index is 13.3. The standard InChI is InChI=1S/C14H19BrFN/c1-2-17-14(10-5-3-4-6-10)11-7-8-13(16)12(15)9-11/h7-10,14,17H,2-6H2,1H3. The van der Waals surface area contributed by atoms with Gasteiger partial charge in [0.05, 0.1) is 4.47 Å². The van der Waals surface area contributed by atoms with E-state index in [2.05, 4.69) is 28.2 Å². The van der Waals surface area contributed by atoms with Crippen LogP contribution in [0, 0.1) is 11.7 Å². The summed E-state index contributed by atoms with van der Waals surface area (Å²) in [5, 5.41) is 3.54. The lowest BCUT2D eigenvalue weighted by atomic mass is 9.91. The van der Waals surface area contributed by atoms with Crippen molar-refractivity contribution in [2.75, 3.05) is 6.54 Å². The molecule has 1 aliphatic rings. The van der Waals surface area contributed by atoms with Gasteiger partial charge in [0.25, 0.3) is 0 Å². The van der Waals surface area contributed by atoms with E-state index in [1.165, 1.54) is 31.2 Å². The predicted molar refractivity (Wildman–Crippen MR) is 72.5 cm³/mol. The van der Waals surface area contributed by atoms with Crippen LogP contribution < -0.4 is 5.32 Å². The van der Waals surface area contributed by atoms with Crippen LogP contribution in [-0.4, -0.2) is 6.54 Å². The molecule has 0 radical (unpaired) electrons. The number of halogens is 2. The van der Waals surface area contributed by atoms with Gasteiger partial charge in [-0.1, -0.05) is 25.8 Å². The molecule has 1 aromatic carbocycles. The Morgan fingerprint density at radius 1 is 1.41 bits per heavy atom. The van der Waals surface area contributed by atoms with E-state index in [0.717, 1.165) is 6.54 Å². The van der Waals surface area contributed by atoms with Gasteiger partial charge in [0.1, 0.15) is 5.82 Å². The first-order chi connectivity index (χ1) is 8.22. The monoisotopic (exact) mass is 299 g/mol. The molecule has 1 nitrogen and oxygen atoms in total. The highest BCUT2D eigenvalue weighted by Crippen LogP contribution is 2.36. The molecule has 0 aromatic heterocycles. The summed E-state index contributed by atoms with van der Waals surface area (Å²) >= 11 is 3.27. The first-order valence-electron chi connectivity index (χ1n) is 6.40. The predicted octanol–water partition coefficient (Wildman–Crippen LogP) is 4.43. The molecule has 1 aliphatic carbocycles. The molecule has 17 heavy (non-hydrogen) atoms. The van der Waals surface area contributed by atoms with Crippen molar-refractivity contribution in [2.24, 2.45) is 5.92 Å². The number of hydrogen-bond donors (Lipinski definition) is 1. The zero-order valence-electron chi connectivity index (χ0n) is 10.2. The minimum absolute atomic E-state index is 0.185. The molecule has 0 heterocycles. The highest BCUT2D eigenvalue weighted by Gasteiger charge is 2.25. The highest BCUT2D eigenvalue weighted by molar-refractivity contribution is 9.10. The molecule has 0 bridgehead atoms. The molecule has 3 heteroatoms. The Hall–Kier alpha value is -0.410. The zero-order chi connectivity index (χ0) is 12.3. The first kappa shape index (κ1) is 13.0. The second-order valence-electron chi connectivity index (χ2n) is 4.75. The van der Waals surface area contributed by atoms with Crippen LogP contribution in [0.1, 0.15) is 44.2 Å². The zero-order valence-corrected chi connectivity index (χ0v) is 11.8. The van der Waals surface area contributed by atoms with Gasteiger partial charge in [-0.25, -0.2) is 4.39 Å². The second kappa shape index (κ2) is 5.96.